The number of aliphatic hydroxyl groups is 2. The maximum atomic E-state index is 11.6. The van der Waals surface area contributed by atoms with Crippen molar-refractivity contribution < 1.29 is 48.8 Å². The molecular weight excluding hydrogens is 637 g/mol. The number of carbonyl (C=O) groups excluding carboxylic acids is 2. The van der Waals surface area contributed by atoms with Crippen LogP contribution in [0.25, 0.3) is 0 Å². The van der Waals surface area contributed by atoms with Gasteiger partial charge in [0, 0.05) is 34.9 Å². The van der Waals surface area contributed by atoms with Crippen LogP contribution < -0.4 is 10.6 Å². The minimum Gasteiger partial charge on any atom is -0.449 e. The van der Waals surface area contributed by atoms with Gasteiger partial charge in [-0.05, 0) is 6.42 Å². The lowest BCUT2D eigenvalue weighted by molar-refractivity contribution is -0.217. The predicted octanol–water partition coefficient (Wildman–Crippen LogP) is 3.17. The molecule has 2 amide bonds. The molecule has 0 aromatic heterocycles. The number of carbonyl (C=O) groups is 2. The van der Waals surface area contributed by atoms with E-state index in [1.807, 2.05) is 0 Å². The van der Waals surface area contributed by atoms with Crippen molar-refractivity contribution in [2.45, 2.75) is 12.8 Å². The summed E-state index contributed by atoms with van der Waals surface area (Å²) in [4.78, 5) is 50.0. The van der Waals surface area contributed by atoms with Gasteiger partial charge in [0.25, 0.3) is 0 Å². The largest absolute Gasteiger partial charge is 0.449 e. The van der Waals surface area contributed by atoms with Crippen LogP contribution in [0.5, 0.6) is 0 Å². The summed E-state index contributed by atoms with van der Waals surface area (Å²) in [5.41, 5.74) is 0. The Morgan fingerprint density at radius 3 is 1.85 bits per heavy atom. The fourth-order valence-electron chi connectivity index (χ4n) is 1.57. The number of hydrogen-bond donors (Lipinski definition) is 4. The number of thioether (sulfide) groups is 6. The van der Waals surface area contributed by atoms with E-state index in [9.17, 15) is 9.59 Å². The van der Waals surface area contributed by atoms with E-state index in [4.69, 9.17) is 34.3 Å². The Hall–Kier alpha value is -0.580. The highest BCUT2D eigenvalue weighted by molar-refractivity contribution is 8.16. The van der Waals surface area contributed by atoms with Crippen LogP contribution in [0.4, 0.5) is 9.59 Å². The van der Waals surface area contributed by atoms with Gasteiger partial charge < -0.3 is 40.1 Å². The highest BCUT2D eigenvalue weighted by atomic mass is 32.2. The minimum atomic E-state index is -0.496. The zero-order chi connectivity index (χ0) is 28.5. The number of aliphatic imine (C=N–C) groups is 2. The van der Waals surface area contributed by atoms with Gasteiger partial charge in [-0.2, -0.15) is 9.78 Å². The molecule has 0 saturated heterocycles. The lowest BCUT2D eigenvalue weighted by atomic mass is 10.5. The molecule has 20 heteroatoms. The molecule has 0 aliphatic carbocycles. The summed E-state index contributed by atoms with van der Waals surface area (Å²) >= 11 is 9.03. The van der Waals surface area contributed by atoms with Gasteiger partial charge in [-0.15, -0.1) is 70.6 Å². The standard InChI is InChI=1S/C19H36N4O10S6/c24-3-1-5-28-18(26)22-11-36-15-35-10-21-8-32-33-14-39-17-38-13-29-19(27)23-12-37-16-34-9-20-7-31-30-6-2-4-25/h7-8,24-25H,1-6,9-17H2,(H,22,26)(H,23,27)/b20-7+,21-8+. The number of rotatable bonds is 28. The molecule has 4 N–H and O–H groups in total. The second-order valence-electron chi connectivity index (χ2n) is 6.14. The van der Waals surface area contributed by atoms with E-state index in [2.05, 4.69) is 25.5 Å². The van der Waals surface area contributed by atoms with Crippen molar-refractivity contribution in [3.05, 3.63) is 0 Å². The van der Waals surface area contributed by atoms with Gasteiger partial charge in [-0.1, -0.05) is 0 Å². The van der Waals surface area contributed by atoms with E-state index in [1.54, 1.807) is 23.5 Å². The highest BCUT2D eigenvalue weighted by Gasteiger charge is 2.02. The maximum absolute atomic E-state index is 11.6. The second kappa shape index (κ2) is 33.6. The summed E-state index contributed by atoms with van der Waals surface area (Å²) in [6, 6.07) is 0. The van der Waals surface area contributed by atoms with E-state index in [-0.39, 0.29) is 25.8 Å². The van der Waals surface area contributed by atoms with Gasteiger partial charge >= 0.3 is 12.2 Å². The molecule has 0 spiro atoms. The van der Waals surface area contributed by atoms with Crippen LogP contribution in [0.1, 0.15) is 12.8 Å². The minimum absolute atomic E-state index is 0.00831. The molecule has 0 rings (SSSR count). The Bertz CT molecular complexity index is 631. The van der Waals surface area contributed by atoms with Gasteiger partial charge in [0.15, 0.2) is 0 Å². The monoisotopic (exact) mass is 672 g/mol. The van der Waals surface area contributed by atoms with E-state index in [0.29, 0.717) is 54.0 Å². The quantitative estimate of drug-likeness (QED) is 0.0238. The second-order valence-corrected chi connectivity index (χ2v) is 13.0. The fraction of sp³-hybridized carbons (Fsp3) is 0.789. The molecule has 0 atom stereocenters. The van der Waals surface area contributed by atoms with Gasteiger partial charge in [-0.3, -0.25) is 0 Å². The third-order valence-electron chi connectivity index (χ3n) is 3.17. The lowest BCUT2D eigenvalue weighted by Crippen LogP contribution is -2.24. The van der Waals surface area contributed by atoms with Gasteiger partial charge in [0.2, 0.25) is 12.8 Å². The predicted molar refractivity (Wildman–Crippen MR) is 163 cm³/mol. The third kappa shape index (κ3) is 33.5. The molecule has 0 fully saturated rings. The number of amides is 2. The number of nitrogens with zero attached hydrogens (tertiary/aromatic N) is 2. The smallest absolute Gasteiger partial charge is 0.408 e. The number of nitrogens with one attached hydrogen (secondary N) is 2. The first kappa shape index (κ1) is 38.4. The van der Waals surface area contributed by atoms with Crippen LogP contribution in [0.3, 0.4) is 0 Å². The summed E-state index contributed by atoms with van der Waals surface area (Å²) in [5.74, 6) is 2.38. The Morgan fingerprint density at radius 1 is 0.667 bits per heavy atom. The molecule has 39 heavy (non-hydrogen) atoms. The summed E-state index contributed by atoms with van der Waals surface area (Å²) < 4.78 is 9.89. The van der Waals surface area contributed by atoms with Crippen LogP contribution in [-0.2, 0) is 29.0 Å². The average Bonchev–Trinajstić information content (AvgIpc) is 2.93. The Labute approximate surface area is 253 Å². The van der Waals surface area contributed by atoms with Crippen LogP contribution in [-0.4, -0.2) is 112 Å². The molecule has 0 saturated carbocycles. The number of alkyl carbamates (subject to hydrolysis) is 2. The van der Waals surface area contributed by atoms with Crippen molar-refractivity contribution in [2.75, 3.05) is 77.1 Å². The Morgan fingerprint density at radius 2 is 1.21 bits per heavy atom. The summed E-state index contributed by atoms with van der Waals surface area (Å²) in [5, 5.41) is 24.5. The van der Waals surface area contributed by atoms with Crippen molar-refractivity contribution in [2.24, 2.45) is 9.98 Å². The van der Waals surface area contributed by atoms with E-state index >= 15 is 0 Å². The molecule has 14 nitrogen and oxygen atoms in total. The van der Waals surface area contributed by atoms with Crippen LogP contribution >= 0.6 is 70.6 Å². The van der Waals surface area contributed by atoms with E-state index < -0.39 is 12.2 Å². The summed E-state index contributed by atoms with van der Waals surface area (Å²) in [6.45, 7) is 0.550. The van der Waals surface area contributed by atoms with Gasteiger partial charge in [0.1, 0.15) is 11.9 Å². The number of hydrogen-bond acceptors (Lipinski definition) is 18. The molecule has 0 aromatic carbocycles. The summed E-state index contributed by atoms with van der Waals surface area (Å²) in [7, 11) is 0. The van der Waals surface area contributed by atoms with E-state index in [0.717, 1.165) is 10.2 Å². The first-order valence-electron chi connectivity index (χ1n) is 11.2. The maximum Gasteiger partial charge on any atom is 0.408 e. The fourth-order valence-corrected chi connectivity index (χ4v) is 5.88. The molecule has 0 bridgehead atoms. The van der Waals surface area contributed by atoms with Crippen LogP contribution in [0.15, 0.2) is 9.98 Å². The van der Waals surface area contributed by atoms with Crippen LogP contribution in [0.2, 0.25) is 0 Å². The van der Waals surface area contributed by atoms with Crippen molar-refractivity contribution in [1.29, 1.82) is 0 Å². The topological polar surface area (TPSA) is 179 Å². The normalized spacial score (nSPS) is 11.1. The van der Waals surface area contributed by atoms with Gasteiger partial charge in [0.05, 0.1) is 36.7 Å². The van der Waals surface area contributed by atoms with Crippen molar-refractivity contribution in [3.63, 3.8) is 0 Å². The molecular formula is C19H36N4O10S6. The van der Waals surface area contributed by atoms with E-state index in [1.165, 1.54) is 59.8 Å². The Kier molecular flexibility index (Phi) is 33.1. The summed E-state index contributed by atoms with van der Waals surface area (Å²) in [6.07, 6.45) is 2.40. The molecule has 0 aliphatic rings. The first-order chi connectivity index (χ1) is 19.2. The van der Waals surface area contributed by atoms with Crippen molar-refractivity contribution in [3.8, 4) is 0 Å². The van der Waals surface area contributed by atoms with Gasteiger partial charge in [-0.25, -0.2) is 19.6 Å². The Balaban J connectivity index is 3.28. The zero-order valence-electron chi connectivity index (χ0n) is 21.3. The first-order valence-corrected chi connectivity index (χ1v) is 18.2. The molecule has 0 aliphatic heterocycles. The van der Waals surface area contributed by atoms with Crippen molar-refractivity contribution >= 4 is 95.6 Å². The average molecular weight is 673 g/mol. The zero-order valence-corrected chi connectivity index (χ0v) is 26.2. The molecule has 0 radical (unpaired) electrons. The van der Waals surface area contributed by atoms with Crippen LogP contribution in [0, 0.1) is 0 Å². The van der Waals surface area contributed by atoms with Crippen molar-refractivity contribution in [1.82, 2.24) is 10.6 Å². The molecule has 0 heterocycles. The molecule has 228 valence electrons. The number of ether oxygens (including phenoxy) is 2. The third-order valence-corrected chi connectivity index (χ3v) is 9.07. The SMILES string of the molecule is O=C(NCSCSC/N=C/OOCSCSCOC(=O)NCSCSC/N=C/OOCCCO)OCCCO. The highest BCUT2D eigenvalue weighted by Crippen LogP contribution is 2.13. The number of aliphatic hydroxyl groups excluding tert-OH is 2. The molecule has 0 unspecified atom stereocenters. The lowest BCUT2D eigenvalue weighted by Gasteiger charge is -2.06. The molecule has 0 aromatic rings.